The topological polar surface area (TPSA) is 17.1 Å². The summed E-state index contributed by atoms with van der Waals surface area (Å²) in [5.74, 6) is 5.25. The van der Waals surface area contributed by atoms with Gasteiger partial charge in [0.15, 0.2) is 6.29 Å². The van der Waals surface area contributed by atoms with Gasteiger partial charge in [-0.2, -0.15) is 0 Å². The number of aldehydes is 1. The summed E-state index contributed by atoms with van der Waals surface area (Å²) in [4.78, 5) is 9.84. The average Bonchev–Trinajstić information content (AvgIpc) is 2.16. The highest BCUT2D eigenvalue weighted by Gasteiger charge is 1.88. The molecule has 0 fully saturated rings. The predicted molar refractivity (Wildman–Crippen MR) is 56.5 cm³/mol. The summed E-state index contributed by atoms with van der Waals surface area (Å²) in [7, 11) is 0. The lowest BCUT2D eigenvalue weighted by Crippen LogP contribution is -1.79. The van der Waals surface area contributed by atoms with Gasteiger partial charge in [0.05, 0.1) is 0 Å². The van der Waals surface area contributed by atoms with Gasteiger partial charge in [0.2, 0.25) is 0 Å². The molecule has 0 saturated heterocycles. The highest BCUT2D eigenvalue weighted by molar-refractivity contribution is 5.72. The highest BCUT2D eigenvalue weighted by Crippen LogP contribution is 2.07. The summed E-state index contributed by atoms with van der Waals surface area (Å²) >= 11 is 0. The quantitative estimate of drug-likeness (QED) is 0.333. The van der Waals surface area contributed by atoms with E-state index in [1.54, 1.807) is 0 Å². The lowest BCUT2D eigenvalue weighted by Gasteiger charge is -1.97. The minimum atomic E-state index is 0.668. The van der Waals surface area contributed by atoms with E-state index in [0.717, 1.165) is 12.8 Å². The Kier molecular flexibility index (Phi) is 10.6. The Hall–Kier alpha value is -0.770. The molecular formula is C12H20O. The van der Waals surface area contributed by atoms with E-state index in [1.807, 2.05) is 0 Å². The summed E-state index contributed by atoms with van der Waals surface area (Å²) in [6.07, 6.45) is 10.7. The van der Waals surface area contributed by atoms with Crippen LogP contribution in [0.25, 0.3) is 0 Å². The first-order valence-corrected chi connectivity index (χ1v) is 5.34. The molecule has 0 amide bonds. The van der Waals surface area contributed by atoms with Crippen LogP contribution in [-0.2, 0) is 4.79 Å². The van der Waals surface area contributed by atoms with Gasteiger partial charge >= 0.3 is 0 Å². The SMILES string of the molecule is CCCCCCCCCC#CC=O. The molecule has 0 aliphatic carbocycles. The number of rotatable bonds is 7. The second-order valence-corrected chi connectivity index (χ2v) is 3.31. The maximum atomic E-state index is 9.84. The van der Waals surface area contributed by atoms with E-state index in [2.05, 4.69) is 18.8 Å². The van der Waals surface area contributed by atoms with Crippen LogP contribution in [0.5, 0.6) is 0 Å². The zero-order valence-electron chi connectivity index (χ0n) is 8.64. The van der Waals surface area contributed by atoms with Gasteiger partial charge in [-0.05, 0) is 12.3 Å². The van der Waals surface area contributed by atoms with Gasteiger partial charge in [-0.1, -0.05) is 51.4 Å². The van der Waals surface area contributed by atoms with Crippen LogP contribution >= 0.6 is 0 Å². The lowest BCUT2D eigenvalue weighted by atomic mass is 10.1. The van der Waals surface area contributed by atoms with E-state index in [0.29, 0.717) is 6.29 Å². The smallest absolute Gasteiger partial charge is 0.192 e. The Labute approximate surface area is 81.9 Å². The molecule has 0 aromatic carbocycles. The van der Waals surface area contributed by atoms with Gasteiger partial charge in [0.1, 0.15) is 0 Å². The van der Waals surface area contributed by atoms with Gasteiger partial charge in [0.25, 0.3) is 0 Å². The van der Waals surface area contributed by atoms with Crippen LogP contribution in [0.2, 0.25) is 0 Å². The first-order chi connectivity index (χ1) is 6.41. The first kappa shape index (κ1) is 12.2. The van der Waals surface area contributed by atoms with Crippen molar-refractivity contribution in [2.45, 2.75) is 58.3 Å². The van der Waals surface area contributed by atoms with Crippen LogP contribution in [0.15, 0.2) is 0 Å². The second kappa shape index (κ2) is 11.2. The summed E-state index contributed by atoms with van der Waals surface area (Å²) in [6.45, 7) is 2.23. The minimum Gasteiger partial charge on any atom is -0.289 e. The number of carbonyl (C=O) groups is 1. The van der Waals surface area contributed by atoms with Crippen molar-refractivity contribution in [3.05, 3.63) is 0 Å². The second-order valence-electron chi connectivity index (χ2n) is 3.31. The molecule has 0 N–H and O–H groups in total. The molecule has 0 aliphatic heterocycles. The third-order valence-electron chi connectivity index (χ3n) is 2.07. The Morgan fingerprint density at radius 3 is 2.23 bits per heavy atom. The van der Waals surface area contributed by atoms with Crippen molar-refractivity contribution in [3.8, 4) is 11.8 Å². The molecular weight excluding hydrogens is 160 g/mol. The molecule has 0 bridgehead atoms. The Morgan fingerprint density at radius 2 is 1.62 bits per heavy atom. The normalized spacial score (nSPS) is 9.00. The maximum absolute atomic E-state index is 9.84. The fraction of sp³-hybridized carbons (Fsp3) is 0.750. The Balaban J connectivity index is 2.95. The largest absolute Gasteiger partial charge is 0.289 e. The van der Waals surface area contributed by atoms with E-state index in [-0.39, 0.29) is 0 Å². The molecule has 1 heteroatoms. The van der Waals surface area contributed by atoms with E-state index in [4.69, 9.17) is 0 Å². The minimum absolute atomic E-state index is 0.668. The highest BCUT2D eigenvalue weighted by atomic mass is 16.1. The van der Waals surface area contributed by atoms with Crippen LogP contribution in [0.3, 0.4) is 0 Å². The van der Waals surface area contributed by atoms with Crippen molar-refractivity contribution in [2.75, 3.05) is 0 Å². The monoisotopic (exact) mass is 180 g/mol. The van der Waals surface area contributed by atoms with Crippen LogP contribution in [-0.4, -0.2) is 6.29 Å². The molecule has 0 aromatic heterocycles. The molecule has 13 heavy (non-hydrogen) atoms. The summed E-state index contributed by atoms with van der Waals surface area (Å²) < 4.78 is 0. The van der Waals surface area contributed by atoms with E-state index in [1.165, 1.54) is 38.5 Å². The molecule has 0 atom stereocenters. The predicted octanol–water partition coefficient (Wildman–Crippen LogP) is 3.33. The number of hydrogen-bond acceptors (Lipinski definition) is 1. The molecule has 0 saturated carbocycles. The third-order valence-corrected chi connectivity index (χ3v) is 2.07. The fourth-order valence-corrected chi connectivity index (χ4v) is 1.28. The zero-order chi connectivity index (χ0) is 9.78. The van der Waals surface area contributed by atoms with Crippen molar-refractivity contribution < 1.29 is 4.79 Å². The molecule has 1 nitrogen and oxygen atoms in total. The molecule has 0 rings (SSSR count). The van der Waals surface area contributed by atoms with Crippen molar-refractivity contribution >= 4 is 6.29 Å². The lowest BCUT2D eigenvalue weighted by molar-refractivity contribution is -0.103. The van der Waals surface area contributed by atoms with Crippen molar-refractivity contribution in [3.63, 3.8) is 0 Å². The summed E-state index contributed by atoms with van der Waals surface area (Å²) in [5.41, 5.74) is 0. The molecule has 0 spiro atoms. The van der Waals surface area contributed by atoms with Crippen molar-refractivity contribution in [2.24, 2.45) is 0 Å². The van der Waals surface area contributed by atoms with Crippen molar-refractivity contribution in [1.29, 1.82) is 0 Å². The van der Waals surface area contributed by atoms with Crippen LogP contribution in [0, 0.1) is 11.8 Å². The van der Waals surface area contributed by atoms with Gasteiger partial charge in [-0.25, -0.2) is 0 Å². The fourth-order valence-electron chi connectivity index (χ4n) is 1.28. The molecule has 0 aromatic rings. The van der Waals surface area contributed by atoms with Gasteiger partial charge < -0.3 is 0 Å². The van der Waals surface area contributed by atoms with Crippen molar-refractivity contribution in [1.82, 2.24) is 0 Å². The first-order valence-electron chi connectivity index (χ1n) is 5.34. The van der Waals surface area contributed by atoms with Crippen LogP contribution in [0.4, 0.5) is 0 Å². The third kappa shape index (κ3) is 11.2. The van der Waals surface area contributed by atoms with Gasteiger partial charge in [-0.15, -0.1) is 0 Å². The number of carbonyl (C=O) groups excluding carboxylic acids is 1. The van der Waals surface area contributed by atoms with E-state index in [9.17, 15) is 4.79 Å². The summed E-state index contributed by atoms with van der Waals surface area (Å²) in [6, 6.07) is 0. The Morgan fingerprint density at radius 1 is 1.00 bits per heavy atom. The average molecular weight is 180 g/mol. The Bertz CT molecular complexity index is 162. The van der Waals surface area contributed by atoms with Crippen LogP contribution < -0.4 is 0 Å². The molecule has 0 aliphatic rings. The molecule has 0 unspecified atom stereocenters. The molecule has 0 radical (unpaired) electrons. The number of hydrogen-bond donors (Lipinski definition) is 0. The van der Waals surface area contributed by atoms with Crippen LogP contribution in [0.1, 0.15) is 58.3 Å². The molecule has 0 heterocycles. The summed E-state index contributed by atoms with van der Waals surface area (Å²) in [5, 5.41) is 0. The molecule has 74 valence electrons. The van der Waals surface area contributed by atoms with Gasteiger partial charge in [-0.3, -0.25) is 4.79 Å². The number of unbranched alkanes of at least 4 members (excludes halogenated alkanes) is 7. The standard InChI is InChI=1S/C12H20O/c1-2-3-4-5-6-7-8-9-10-11-12-13/h12H,2-9H2,1H3. The van der Waals surface area contributed by atoms with E-state index >= 15 is 0 Å². The zero-order valence-corrected chi connectivity index (χ0v) is 8.64. The van der Waals surface area contributed by atoms with E-state index < -0.39 is 0 Å². The maximum Gasteiger partial charge on any atom is 0.192 e. The van der Waals surface area contributed by atoms with Gasteiger partial charge in [0, 0.05) is 6.42 Å².